The maximum Gasteiger partial charge on any atom is 0.408 e. The highest BCUT2D eigenvalue weighted by Crippen LogP contribution is 2.51. The summed E-state index contributed by atoms with van der Waals surface area (Å²) >= 11 is 0. The molecule has 0 bridgehead atoms. The predicted molar refractivity (Wildman–Crippen MR) is 185 cm³/mol. The number of nitrogens with zero attached hydrogens (tertiary/aromatic N) is 4. The maximum absolute atomic E-state index is 13.6. The molecule has 4 aromatic rings. The fourth-order valence-corrected chi connectivity index (χ4v) is 6.94. The minimum absolute atomic E-state index is 0.00105. The summed E-state index contributed by atoms with van der Waals surface area (Å²) < 4.78 is 39.2. The van der Waals surface area contributed by atoms with Gasteiger partial charge in [-0.2, -0.15) is 0 Å². The Bertz CT molecular complexity index is 1800. The van der Waals surface area contributed by atoms with Crippen molar-refractivity contribution in [1.29, 1.82) is 0 Å². The monoisotopic (exact) mass is 710 g/mol. The van der Waals surface area contributed by atoms with Gasteiger partial charge in [-0.05, 0) is 42.8 Å². The van der Waals surface area contributed by atoms with Crippen molar-refractivity contribution >= 4 is 44.9 Å². The van der Waals surface area contributed by atoms with E-state index >= 15 is 0 Å². The first-order valence-electron chi connectivity index (χ1n) is 16.0. The second kappa shape index (κ2) is 14.9. The van der Waals surface area contributed by atoms with Crippen LogP contribution < -0.4 is 10.6 Å². The lowest BCUT2D eigenvalue weighted by Crippen LogP contribution is -2.44. The van der Waals surface area contributed by atoms with E-state index in [-0.39, 0.29) is 36.4 Å². The first kappa shape index (κ1) is 36.3. The Morgan fingerprint density at radius 3 is 2.43 bits per heavy atom. The number of fused-ring (bicyclic) bond motifs is 1. The van der Waals surface area contributed by atoms with Crippen LogP contribution in [0, 0.1) is 0 Å². The number of rotatable bonds is 12. The molecule has 3 N–H and O–H groups in total. The molecule has 0 aliphatic carbocycles. The standard InChI is InChI=1S/C33H43N6O8PSi/c1-22(37-32(41)44-18-23-13-9-7-10-14-23)48(42,43)47-25-17-27(46-26(25)19-45-49(5,6)33(2,3)4)39-21-36-28-29(34-20-35-30(28)39)38-31(40)24-15-11-8-12-16-24/h7-16,20-22,25-27H,17-19H2,1-6H3,(H,37,41)(H,42,43)(H,34,35,38,40)/t22?,25-,26+,27+/m0/s1. The Balaban J connectivity index is 1.33. The van der Waals surface area contributed by atoms with Crippen molar-refractivity contribution in [3.63, 3.8) is 0 Å². The van der Waals surface area contributed by atoms with Crippen LogP contribution in [0.25, 0.3) is 11.2 Å². The fraction of sp³-hybridized carbons (Fsp3) is 0.424. The molecule has 1 fully saturated rings. The Labute approximate surface area is 286 Å². The Kier molecular flexibility index (Phi) is 11.0. The van der Waals surface area contributed by atoms with Crippen LogP contribution >= 0.6 is 7.60 Å². The molecule has 49 heavy (non-hydrogen) atoms. The van der Waals surface area contributed by atoms with Crippen LogP contribution in [0.2, 0.25) is 18.1 Å². The molecule has 2 amide bonds. The Morgan fingerprint density at radius 1 is 1.08 bits per heavy atom. The number of carbonyl (C=O) groups is 2. The summed E-state index contributed by atoms with van der Waals surface area (Å²) in [6, 6.07) is 17.8. The van der Waals surface area contributed by atoms with Crippen molar-refractivity contribution in [3.05, 3.63) is 84.4 Å². The summed E-state index contributed by atoms with van der Waals surface area (Å²) in [6.45, 7) is 12.0. The van der Waals surface area contributed by atoms with E-state index in [9.17, 15) is 19.0 Å². The number of aromatic nitrogens is 4. The molecule has 14 nitrogen and oxygen atoms in total. The number of imidazole rings is 1. The van der Waals surface area contributed by atoms with Gasteiger partial charge in [-0.15, -0.1) is 0 Å². The minimum Gasteiger partial charge on any atom is -0.445 e. The van der Waals surface area contributed by atoms with E-state index in [4.69, 9.17) is 18.4 Å². The van der Waals surface area contributed by atoms with Crippen LogP contribution in [0.5, 0.6) is 0 Å². The van der Waals surface area contributed by atoms with Gasteiger partial charge in [0, 0.05) is 12.0 Å². The number of alkyl carbamates (subject to hydrolysis) is 1. The molecule has 1 aliphatic rings. The summed E-state index contributed by atoms with van der Waals surface area (Å²) in [7, 11) is -6.70. The van der Waals surface area contributed by atoms with E-state index in [1.807, 2.05) is 24.3 Å². The maximum atomic E-state index is 13.6. The lowest BCUT2D eigenvalue weighted by atomic mass is 10.2. The van der Waals surface area contributed by atoms with Crippen LogP contribution in [-0.2, 0) is 29.6 Å². The van der Waals surface area contributed by atoms with Gasteiger partial charge in [0.15, 0.2) is 25.3 Å². The molecule has 2 aromatic carbocycles. The third-order valence-electron chi connectivity index (χ3n) is 8.85. The fourth-order valence-electron chi connectivity index (χ4n) is 4.86. The van der Waals surface area contributed by atoms with Crippen molar-refractivity contribution in [1.82, 2.24) is 24.8 Å². The molecule has 16 heteroatoms. The average Bonchev–Trinajstić information content (AvgIpc) is 3.67. The minimum atomic E-state index is -4.46. The van der Waals surface area contributed by atoms with Gasteiger partial charge in [0.2, 0.25) is 0 Å². The van der Waals surface area contributed by atoms with Crippen molar-refractivity contribution in [3.8, 4) is 0 Å². The van der Waals surface area contributed by atoms with Gasteiger partial charge in [-0.3, -0.25) is 13.9 Å². The molecule has 2 unspecified atom stereocenters. The molecule has 2 aromatic heterocycles. The molecule has 0 spiro atoms. The highest BCUT2D eigenvalue weighted by molar-refractivity contribution is 7.53. The molecule has 0 radical (unpaired) electrons. The molecule has 1 aliphatic heterocycles. The smallest absolute Gasteiger partial charge is 0.408 e. The summed E-state index contributed by atoms with van der Waals surface area (Å²) in [5.74, 6) is -1.41. The van der Waals surface area contributed by atoms with E-state index in [1.54, 1.807) is 41.0 Å². The third kappa shape index (κ3) is 8.79. The predicted octanol–water partition coefficient (Wildman–Crippen LogP) is 6.23. The zero-order chi connectivity index (χ0) is 35.4. The van der Waals surface area contributed by atoms with Gasteiger partial charge < -0.3 is 34.0 Å². The number of hydrogen-bond donors (Lipinski definition) is 3. The summed E-state index contributed by atoms with van der Waals surface area (Å²) in [5, 5.41) is 5.12. The first-order chi connectivity index (χ1) is 23.1. The number of hydrogen-bond acceptors (Lipinski definition) is 10. The van der Waals surface area contributed by atoms with E-state index in [2.05, 4.69) is 59.5 Å². The SMILES string of the molecule is CC(NC(=O)OCc1ccccc1)P(=O)(O)O[C@H]1C[C@H](n2cnc3c(NC(=O)c4ccccc4)ncnc32)O[C@@H]1CO[Si](C)(C)C(C)(C)C. The molecular formula is C33H43N6O8PSi. The normalized spacial score (nSPS) is 20.0. The molecule has 5 rings (SSSR count). The van der Waals surface area contributed by atoms with Crippen LogP contribution in [0.15, 0.2) is 73.3 Å². The molecular weight excluding hydrogens is 667 g/mol. The van der Waals surface area contributed by atoms with Crippen LogP contribution in [0.1, 0.15) is 56.3 Å². The summed E-state index contributed by atoms with van der Waals surface area (Å²) in [6.07, 6.45) is -0.236. The number of ether oxygens (including phenoxy) is 2. The Hall–Kier alpha value is -3.98. The molecule has 1 saturated heterocycles. The molecule has 262 valence electrons. The van der Waals surface area contributed by atoms with Crippen LogP contribution in [0.3, 0.4) is 0 Å². The highest BCUT2D eigenvalue weighted by atomic mass is 31.2. The summed E-state index contributed by atoms with van der Waals surface area (Å²) in [5.41, 5.74) is 1.96. The van der Waals surface area contributed by atoms with E-state index in [1.165, 1.54) is 19.6 Å². The second-order valence-corrected chi connectivity index (χ2v) is 20.3. The third-order valence-corrected chi connectivity index (χ3v) is 15.0. The van der Waals surface area contributed by atoms with Crippen LogP contribution in [0.4, 0.5) is 10.6 Å². The van der Waals surface area contributed by atoms with Crippen molar-refractivity contribution in [2.45, 2.75) is 83.1 Å². The number of nitrogens with one attached hydrogen (secondary N) is 2. The lowest BCUT2D eigenvalue weighted by molar-refractivity contribution is -0.0380. The number of anilines is 1. The van der Waals surface area contributed by atoms with E-state index < -0.39 is 46.2 Å². The van der Waals surface area contributed by atoms with Crippen molar-refractivity contribution in [2.75, 3.05) is 11.9 Å². The largest absolute Gasteiger partial charge is 0.445 e. The van der Waals surface area contributed by atoms with Crippen LogP contribution in [-0.4, -0.2) is 69.3 Å². The van der Waals surface area contributed by atoms with Crippen molar-refractivity contribution in [2.24, 2.45) is 0 Å². The molecule has 0 saturated carbocycles. The zero-order valence-electron chi connectivity index (χ0n) is 28.4. The van der Waals surface area contributed by atoms with Gasteiger partial charge in [0.25, 0.3) is 5.91 Å². The number of benzene rings is 2. The zero-order valence-corrected chi connectivity index (χ0v) is 30.3. The lowest BCUT2D eigenvalue weighted by Gasteiger charge is -2.37. The summed E-state index contributed by atoms with van der Waals surface area (Å²) in [4.78, 5) is 49.5. The van der Waals surface area contributed by atoms with Gasteiger partial charge in [-0.25, -0.2) is 19.7 Å². The number of carbonyl (C=O) groups excluding carboxylic acids is 2. The quantitative estimate of drug-likeness (QED) is 0.112. The van der Waals surface area contributed by atoms with Gasteiger partial charge in [0.05, 0.1) is 19.0 Å². The molecule has 3 heterocycles. The molecule has 5 atom stereocenters. The number of amides is 2. The van der Waals surface area contributed by atoms with E-state index in [0.717, 1.165) is 5.56 Å². The van der Waals surface area contributed by atoms with Gasteiger partial charge >= 0.3 is 13.7 Å². The average molecular weight is 711 g/mol. The topological polar surface area (TPSA) is 176 Å². The highest BCUT2D eigenvalue weighted by Gasteiger charge is 2.45. The van der Waals surface area contributed by atoms with Crippen molar-refractivity contribution < 1.29 is 37.5 Å². The van der Waals surface area contributed by atoms with Gasteiger partial charge in [0.1, 0.15) is 31.0 Å². The Morgan fingerprint density at radius 2 is 1.76 bits per heavy atom. The van der Waals surface area contributed by atoms with E-state index in [0.29, 0.717) is 16.7 Å². The first-order valence-corrected chi connectivity index (χ1v) is 20.5. The van der Waals surface area contributed by atoms with Gasteiger partial charge in [-0.1, -0.05) is 69.3 Å². The second-order valence-electron chi connectivity index (χ2n) is 13.4.